The molecule has 0 spiro atoms. The number of aliphatic hydroxyl groups excluding tert-OH is 1. The Hall–Kier alpha value is -1.33. The number of benzene rings is 1. The molecule has 0 heterocycles. The van der Waals surface area contributed by atoms with Crippen molar-refractivity contribution < 1.29 is 36.4 Å². The van der Waals surface area contributed by atoms with Crippen LogP contribution in [0.25, 0.3) is 0 Å². The maximum absolute atomic E-state index is 9.45. The normalized spacial score (nSPS) is 7.94. The van der Waals surface area contributed by atoms with Gasteiger partial charge in [-0.05, 0) is 12.0 Å². The third kappa shape index (κ3) is 14.7. The van der Waals surface area contributed by atoms with Gasteiger partial charge in [0.05, 0.1) is 6.10 Å². The first-order valence-electron chi connectivity index (χ1n) is 4.29. The monoisotopic (exact) mass is 284 g/mol. The summed E-state index contributed by atoms with van der Waals surface area (Å²) in [5.41, 5.74) is 0.951. The van der Waals surface area contributed by atoms with Crippen LogP contribution in [0.15, 0.2) is 43.0 Å². The molecule has 1 atom stereocenters. The number of aliphatic hydroxyl groups is 1. The summed E-state index contributed by atoms with van der Waals surface area (Å²) in [6.45, 7) is 17.1. The van der Waals surface area contributed by atoms with Gasteiger partial charge in [0, 0.05) is 17.4 Å². The van der Waals surface area contributed by atoms with Crippen molar-refractivity contribution in [1.82, 2.24) is 0 Å². The summed E-state index contributed by atoms with van der Waals surface area (Å²) in [7, 11) is 0. The van der Waals surface area contributed by atoms with Gasteiger partial charge in [0.25, 0.3) is 0 Å². The molecule has 5 heteroatoms. The first-order valence-corrected chi connectivity index (χ1v) is 4.29. The van der Waals surface area contributed by atoms with Crippen molar-refractivity contribution in [2.75, 3.05) is 0 Å². The predicted molar refractivity (Wildman–Crippen MR) is 58.0 cm³/mol. The molecule has 4 nitrogen and oxygen atoms in total. The fraction of sp³-hybridized carbons (Fsp3) is 0.154. The molecule has 1 rings (SSSR count). The molecule has 0 aliphatic rings. The minimum atomic E-state index is -0.395. The Kier molecular flexibility index (Phi) is 35.1. The van der Waals surface area contributed by atoms with Gasteiger partial charge in [-0.1, -0.05) is 36.4 Å². The first kappa shape index (κ1) is 25.5. The summed E-state index contributed by atoms with van der Waals surface area (Å²) in [6, 6.07) is 9.59. The zero-order valence-electron chi connectivity index (χ0n) is 9.54. The summed E-state index contributed by atoms with van der Waals surface area (Å²) < 4.78 is 22.5. The number of hydrogen-bond donors (Lipinski definition) is 1. The third-order valence-corrected chi connectivity index (χ3v) is 1.57. The van der Waals surface area contributed by atoms with E-state index in [1.165, 1.54) is 0 Å². The van der Waals surface area contributed by atoms with E-state index in [2.05, 4.69) is 26.5 Å². The molecule has 94 valence electrons. The van der Waals surface area contributed by atoms with Crippen molar-refractivity contribution >= 4 is 0 Å². The van der Waals surface area contributed by atoms with E-state index in [4.69, 9.17) is 14.0 Å². The summed E-state index contributed by atoms with van der Waals surface area (Å²) in [5.74, 6) is 0. The second kappa shape index (κ2) is 24.8. The fourth-order valence-electron chi connectivity index (χ4n) is 0.969. The van der Waals surface area contributed by atoms with Gasteiger partial charge in [0.2, 0.25) is 0 Å². The summed E-state index contributed by atoms with van der Waals surface area (Å²) >= 11 is 0. The number of rotatable bonds is 3. The fourth-order valence-corrected chi connectivity index (χ4v) is 0.969. The van der Waals surface area contributed by atoms with Gasteiger partial charge in [0.1, 0.15) is 0 Å². The van der Waals surface area contributed by atoms with Crippen LogP contribution < -0.4 is 0 Å². The van der Waals surface area contributed by atoms with Crippen molar-refractivity contribution in [2.24, 2.45) is 0 Å². The minimum Gasteiger partial charge on any atom is 0 e. The van der Waals surface area contributed by atoms with Gasteiger partial charge in [-0.25, -0.2) is 0 Å². The van der Waals surface area contributed by atoms with E-state index in [0.717, 1.165) is 5.56 Å². The van der Waals surface area contributed by atoms with Crippen LogP contribution in [0.4, 0.5) is 0 Å². The minimum absolute atomic E-state index is 0. The Bertz CT molecular complexity index is 316. The maximum atomic E-state index is 9.45. The van der Waals surface area contributed by atoms with E-state index in [1.807, 2.05) is 30.3 Å². The molecule has 0 amide bonds. The molecule has 0 bridgehead atoms. The van der Waals surface area contributed by atoms with Crippen LogP contribution in [0.1, 0.15) is 18.1 Å². The van der Waals surface area contributed by atoms with E-state index in [-0.39, 0.29) is 17.4 Å². The van der Waals surface area contributed by atoms with Crippen LogP contribution in [0.2, 0.25) is 0 Å². The van der Waals surface area contributed by atoms with Gasteiger partial charge >= 0.3 is 33.9 Å². The van der Waals surface area contributed by atoms with E-state index >= 15 is 0 Å². The Labute approximate surface area is 118 Å². The average molecular weight is 284 g/mol. The van der Waals surface area contributed by atoms with Gasteiger partial charge in [-0.15, -0.1) is 6.58 Å². The first-order chi connectivity index (χ1) is 8.34. The number of hydrogen-bond acceptors (Lipinski definition) is 1. The molecule has 0 aliphatic carbocycles. The second-order valence-corrected chi connectivity index (χ2v) is 2.45. The molecule has 1 aromatic rings. The van der Waals surface area contributed by atoms with Crippen LogP contribution in [-0.2, 0) is 31.3 Å². The van der Waals surface area contributed by atoms with Crippen LogP contribution >= 0.6 is 0 Å². The van der Waals surface area contributed by atoms with Crippen LogP contribution in [0.3, 0.4) is 0 Å². The topological polar surface area (TPSA) is 79.9 Å². The standard InChI is InChI=1S/C10H12O.3CO.Cr/c1-2-6-10(11)9-7-4-3-5-8-9;3*1-2;/h2-5,7-8,10-11H,1,6H2;;;;. The van der Waals surface area contributed by atoms with Crippen molar-refractivity contribution in [3.63, 3.8) is 0 Å². The molecule has 1 unspecified atom stereocenters. The summed E-state index contributed by atoms with van der Waals surface area (Å²) in [6.07, 6.45) is 1.94. The maximum Gasteiger partial charge on any atom is 0 e. The van der Waals surface area contributed by atoms with Crippen molar-refractivity contribution in [3.8, 4) is 0 Å². The van der Waals surface area contributed by atoms with Crippen molar-refractivity contribution in [3.05, 3.63) is 68.5 Å². The third-order valence-electron chi connectivity index (χ3n) is 1.57. The van der Waals surface area contributed by atoms with Gasteiger partial charge in [-0.2, -0.15) is 0 Å². The molecular weight excluding hydrogens is 272 g/mol. The van der Waals surface area contributed by atoms with Crippen molar-refractivity contribution in [1.29, 1.82) is 0 Å². The largest absolute Gasteiger partial charge is 0 e. The SMILES string of the molecule is C=CCC(O)c1ccccc1.[C-]#[O+].[C-]#[O+].[C-]#[O+].[Cr]. The Balaban J connectivity index is -0.000000123. The second-order valence-electron chi connectivity index (χ2n) is 2.45. The quantitative estimate of drug-likeness (QED) is 0.515. The van der Waals surface area contributed by atoms with E-state index in [9.17, 15) is 5.11 Å². The van der Waals surface area contributed by atoms with Gasteiger partial charge in [-0.3, -0.25) is 0 Å². The summed E-state index contributed by atoms with van der Waals surface area (Å²) in [5, 5.41) is 9.45. The smallest absolute Gasteiger partial charge is 0 e. The predicted octanol–water partition coefficient (Wildman–Crippen LogP) is 2.18. The molecule has 1 N–H and O–H groups in total. The molecule has 0 aromatic heterocycles. The van der Waals surface area contributed by atoms with Crippen LogP contribution in [0, 0.1) is 20.0 Å². The van der Waals surface area contributed by atoms with Crippen LogP contribution in [-0.4, -0.2) is 5.11 Å². The molecule has 1 aromatic carbocycles. The Morgan fingerprint density at radius 3 is 1.78 bits per heavy atom. The zero-order chi connectivity index (χ0) is 14.1. The molecular formula is C13H12CrO4. The molecule has 0 saturated heterocycles. The molecule has 18 heavy (non-hydrogen) atoms. The van der Waals surface area contributed by atoms with E-state index in [1.54, 1.807) is 6.08 Å². The van der Waals surface area contributed by atoms with Crippen molar-refractivity contribution in [2.45, 2.75) is 12.5 Å². The zero-order valence-corrected chi connectivity index (χ0v) is 10.8. The molecule has 0 saturated carbocycles. The van der Waals surface area contributed by atoms with E-state index in [0.29, 0.717) is 6.42 Å². The Morgan fingerprint density at radius 2 is 1.44 bits per heavy atom. The van der Waals surface area contributed by atoms with Crippen LogP contribution in [0.5, 0.6) is 0 Å². The van der Waals surface area contributed by atoms with Gasteiger partial charge in [0.15, 0.2) is 0 Å². The van der Waals surface area contributed by atoms with Gasteiger partial charge < -0.3 is 5.11 Å². The molecule has 0 fully saturated rings. The average Bonchev–Trinajstić information content (AvgIpc) is 2.46. The Morgan fingerprint density at radius 1 is 1.06 bits per heavy atom. The van der Waals surface area contributed by atoms with E-state index < -0.39 is 6.10 Å². The molecule has 0 aliphatic heterocycles. The summed E-state index contributed by atoms with van der Waals surface area (Å²) in [4.78, 5) is 0. The molecule has 0 radical (unpaired) electrons.